The molecule has 0 fully saturated rings. The molecule has 0 aliphatic carbocycles. The molecule has 0 heterocycles. The summed E-state index contributed by atoms with van der Waals surface area (Å²) in [6.07, 6.45) is 0. The van der Waals surface area contributed by atoms with Crippen molar-refractivity contribution in [3.63, 3.8) is 0 Å². The van der Waals surface area contributed by atoms with Gasteiger partial charge in [-0.2, -0.15) is 0 Å². The third-order valence-corrected chi connectivity index (χ3v) is 2.03. The number of benzene rings is 1. The Hall–Kier alpha value is -2.70. The Kier molecular flexibility index (Phi) is 4.36. The summed E-state index contributed by atoms with van der Waals surface area (Å²) in [4.78, 5) is 22.5. The molecule has 0 spiro atoms. The van der Waals surface area contributed by atoms with Crippen LogP contribution in [0.2, 0.25) is 0 Å². The van der Waals surface area contributed by atoms with E-state index in [2.05, 4.69) is 16.1 Å². The second-order valence-corrected chi connectivity index (χ2v) is 3.62. The standard InChI is InChI=1S/C12H12O7/c1-6(2)11(16)18-5-19-12(17)7-3-8(13)10(15)9(14)4-7/h3-4,13-15H,1,5H2,2H3. The highest BCUT2D eigenvalue weighted by atomic mass is 16.7. The molecule has 0 unspecified atom stereocenters. The molecule has 0 saturated carbocycles. The molecule has 7 heteroatoms. The first-order valence-corrected chi connectivity index (χ1v) is 5.07. The number of aromatic hydroxyl groups is 3. The van der Waals surface area contributed by atoms with Crippen LogP contribution in [0.5, 0.6) is 17.2 Å². The molecule has 0 radical (unpaired) electrons. The number of esters is 2. The van der Waals surface area contributed by atoms with E-state index in [4.69, 9.17) is 5.11 Å². The minimum atomic E-state index is -0.944. The first-order chi connectivity index (χ1) is 8.82. The van der Waals surface area contributed by atoms with Gasteiger partial charge in [0.2, 0.25) is 6.79 Å². The fraction of sp³-hybridized carbons (Fsp3) is 0.167. The van der Waals surface area contributed by atoms with Gasteiger partial charge in [-0.05, 0) is 19.1 Å². The molecular weight excluding hydrogens is 256 g/mol. The smallest absolute Gasteiger partial charge is 0.341 e. The second-order valence-electron chi connectivity index (χ2n) is 3.62. The zero-order valence-corrected chi connectivity index (χ0v) is 10.0. The molecule has 0 aromatic heterocycles. The SMILES string of the molecule is C=C(C)C(=O)OCOC(=O)c1cc(O)c(O)c(O)c1. The Morgan fingerprint density at radius 2 is 1.68 bits per heavy atom. The summed E-state index contributed by atoms with van der Waals surface area (Å²) in [6, 6.07) is 1.80. The monoisotopic (exact) mass is 268 g/mol. The van der Waals surface area contributed by atoms with Gasteiger partial charge in [0.15, 0.2) is 17.2 Å². The number of carbonyl (C=O) groups excluding carboxylic acids is 2. The predicted octanol–water partition coefficient (Wildman–Crippen LogP) is 1.04. The third kappa shape index (κ3) is 3.63. The van der Waals surface area contributed by atoms with Crippen molar-refractivity contribution in [2.24, 2.45) is 0 Å². The van der Waals surface area contributed by atoms with E-state index >= 15 is 0 Å². The predicted molar refractivity (Wildman–Crippen MR) is 62.6 cm³/mol. The largest absolute Gasteiger partial charge is 0.504 e. The molecule has 1 aromatic rings. The van der Waals surface area contributed by atoms with Crippen LogP contribution >= 0.6 is 0 Å². The molecule has 7 nitrogen and oxygen atoms in total. The summed E-state index contributed by atoms with van der Waals surface area (Å²) in [5.74, 6) is -3.76. The van der Waals surface area contributed by atoms with Crippen LogP contribution in [0.15, 0.2) is 24.3 Å². The van der Waals surface area contributed by atoms with E-state index in [9.17, 15) is 19.8 Å². The number of rotatable bonds is 4. The number of hydrogen-bond donors (Lipinski definition) is 3. The maximum absolute atomic E-state index is 11.5. The number of phenols is 3. The molecule has 0 amide bonds. The van der Waals surface area contributed by atoms with Crippen molar-refractivity contribution in [2.45, 2.75) is 6.92 Å². The average molecular weight is 268 g/mol. The summed E-state index contributed by atoms with van der Waals surface area (Å²) in [7, 11) is 0. The molecule has 0 atom stereocenters. The maximum Gasteiger partial charge on any atom is 0.341 e. The number of ether oxygens (including phenoxy) is 2. The first kappa shape index (κ1) is 14.4. The van der Waals surface area contributed by atoms with Gasteiger partial charge >= 0.3 is 11.9 Å². The van der Waals surface area contributed by atoms with Gasteiger partial charge in [0.1, 0.15) is 0 Å². The van der Waals surface area contributed by atoms with Crippen LogP contribution in [0.1, 0.15) is 17.3 Å². The van der Waals surface area contributed by atoms with Crippen LogP contribution in [0.3, 0.4) is 0 Å². The number of hydrogen-bond acceptors (Lipinski definition) is 7. The molecule has 0 saturated heterocycles. The summed E-state index contributed by atoms with van der Waals surface area (Å²) < 4.78 is 9.10. The van der Waals surface area contributed by atoms with E-state index in [-0.39, 0.29) is 11.1 Å². The van der Waals surface area contributed by atoms with Gasteiger partial charge in [0, 0.05) is 5.57 Å². The zero-order chi connectivity index (χ0) is 14.6. The van der Waals surface area contributed by atoms with Crippen molar-refractivity contribution >= 4 is 11.9 Å². The summed E-state index contributed by atoms with van der Waals surface area (Å²) in [6.45, 7) is 4.13. The van der Waals surface area contributed by atoms with Gasteiger partial charge in [0.05, 0.1) is 5.56 Å². The molecule has 19 heavy (non-hydrogen) atoms. The lowest BCUT2D eigenvalue weighted by Crippen LogP contribution is -2.13. The Bertz CT molecular complexity index is 510. The average Bonchev–Trinajstić information content (AvgIpc) is 2.34. The van der Waals surface area contributed by atoms with Crippen molar-refractivity contribution in [3.05, 3.63) is 29.8 Å². The lowest BCUT2D eigenvalue weighted by molar-refractivity contribution is -0.147. The minimum absolute atomic E-state index is 0.149. The second kappa shape index (κ2) is 5.76. The maximum atomic E-state index is 11.5. The quantitative estimate of drug-likeness (QED) is 0.323. The third-order valence-electron chi connectivity index (χ3n) is 2.03. The number of phenolic OH excluding ortho intramolecular Hbond substituents is 3. The fourth-order valence-electron chi connectivity index (χ4n) is 1.07. The highest BCUT2D eigenvalue weighted by molar-refractivity contribution is 5.91. The molecule has 102 valence electrons. The molecule has 0 aliphatic rings. The van der Waals surface area contributed by atoms with Gasteiger partial charge in [-0.1, -0.05) is 6.58 Å². The lowest BCUT2D eigenvalue weighted by atomic mass is 10.2. The van der Waals surface area contributed by atoms with Crippen LogP contribution in [-0.4, -0.2) is 34.1 Å². The minimum Gasteiger partial charge on any atom is -0.504 e. The normalized spacial score (nSPS) is 9.74. The van der Waals surface area contributed by atoms with Crippen molar-refractivity contribution in [1.29, 1.82) is 0 Å². The van der Waals surface area contributed by atoms with Crippen LogP contribution in [0.4, 0.5) is 0 Å². The van der Waals surface area contributed by atoms with Crippen molar-refractivity contribution in [2.75, 3.05) is 6.79 Å². The summed E-state index contributed by atoms with van der Waals surface area (Å²) in [5.41, 5.74) is -0.0601. The lowest BCUT2D eigenvalue weighted by Gasteiger charge is -2.07. The van der Waals surface area contributed by atoms with Crippen molar-refractivity contribution in [1.82, 2.24) is 0 Å². The van der Waals surface area contributed by atoms with E-state index in [1.54, 1.807) is 0 Å². The Balaban J connectivity index is 2.64. The van der Waals surface area contributed by atoms with E-state index < -0.39 is 36.0 Å². The van der Waals surface area contributed by atoms with E-state index in [0.717, 1.165) is 12.1 Å². The van der Waals surface area contributed by atoms with Gasteiger partial charge in [0.25, 0.3) is 0 Å². The highest BCUT2D eigenvalue weighted by Gasteiger charge is 2.15. The van der Waals surface area contributed by atoms with Gasteiger partial charge < -0.3 is 24.8 Å². The van der Waals surface area contributed by atoms with Crippen LogP contribution < -0.4 is 0 Å². The summed E-state index contributed by atoms with van der Waals surface area (Å²) in [5, 5.41) is 27.5. The van der Waals surface area contributed by atoms with E-state index in [0.29, 0.717) is 0 Å². The molecule has 3 N–H and O–H groups in total. The molecule has 0 aliphatic heterocycles. The first-order valence-electron chi connectivity index (χ1n) is 5.07. The van der Waals surface area contributed by atoms with Crippen LogP contribution in [0, 0.1) is 0 Å². The highest BCUT2D eigenvalue weighted by Crippen LogP contribution is 2.35. The molecule has 1 rings (SSSR count). The Morgan fingerprint density at radius 1 is 1.16 bits per heavy atom. The zero-order valence-electron chi connectivity index (χ0n) is 10.0. The van der Waals surface area contributed by atoms with Crippen LogP contribution in [-0.2, 0) is 14.3 Å². The van der Waals surface area contributed by atoms with E-state index in [1.165, 1.54) is 6.92 Å². The Labute approximate surface area is 108 Å². The topological polar surface area (TPSA) is 113 Å². The molecular formula is C12H12O7. The number of carbonyl (C=O) groups is 2. The molecule has 0 bridgehead atoms. The van der Waals surface area contributed by atoms with Crippen molar-refractivity contribution < 1.29 is 34.4 Å². The van der Waals surface area contributed by atoms with Crippen LogP contribution in [0.25, 0.3) is 0 Å². The Morgan fingerprint density at radius 3 is 2.16 bits per heavy atom. The van der Waals surface area contributed by atoms with Gasteiger partial charge in [-0.3, -0.25) is 0 Å². The van der Waals surface area contributed by atoms with Gasteiger partial charge in [-0.25, -0.2) is 9.59 Å². The van der Waals surface area contributed by atoms with Crippen molar-refractivity contribution in [3.8, 4) is 17.2 Å². The fourth-order valence-corrected chi connectivity index (χ4v) is 1.07. The van der Waals surface area contributed by atoms with Gasteiger partial charge in [-0.15, -0.1) is 0 Å². The molecule has 1 aromatic carbocycles. The summed E-state index contributed by atoms with van der Waals surface area (Å²) >= 11 is 0. The van der Waals surface area contributed by atoms with E-state index in [1.807, 2.05) is 0 Å².